The molecule has 7 nitrogen and oxygen atoms in total. The van der Waals surface area contributed by atoms with Crippen LogP contribution in [-0.2, 0) is 14.3 Å². The Balaban J connectivity index is 2.17. The number of rotatable bonds is 6. The highest BCUT2D eigenvalue weighted by molar-refractivity contribution is 6.32. The number of amides is 1. The molecule has 2 aromatic rings. The molecule has 0 aromatic heterocycles. The molecular formula is C18H16ClNO6. The lowest BCUT2D eigenvalue weighted by molar-refractivity contribution is -0.118. The lowest BCUT2D eigenvalue weighted by Gasteiger charge is -2.12. The van der Waals surface area contributed by atoms with Crippen LogP contribution in [0.2, 0.25) is 5.02 Å². The van der Waals surface area contributed by atoms with Gasteiger partial charge in [-0.05, 0) is 30.3 Å². The van der Waals surface area contributed by atoms with E-state index in [1.54, 1.807) is 24.3 Å². The van der Waals surface area contributed by atoms with Crippen molar-refractivity contribution in [3.05, 3.63) is 58.6 Å². The first-order valence-electron chi connectivity index (χ1n) is 7.44. The summed E-state index contributed by atoms with van der Waals surface area (Å²) in [4.78, 5) is 35.7. The van der Waals surface area contributed by atoms with Gasteiger partial charge in [0.2, 0.25) is 0 Å². The van der Waals surface area contributed by atoms with Crippen LogP contribution in [0.3, 0.4) is 0 Å². The molecule has 0 heterocycles. The average Bonchev–Trinajstić information content (AvgIpc) is 2.66. The molecule has 0 fully saturated rings. The van der Waals surface area contributed by atoms with E-state index in [9.17, 15) is 14.4 Å². The van der Waals surface area contributed by atoms with Crippen molar-refractivity contribution < 1.29 is 28.6 Å². The quantitative estimate of drug-likeness (QED) is 0.778. The maximum absolute atomic E-state index is 12.2. The van der Waals surface area contributed by atoms with Crippen LogP contribution in [0.15, 0.2) is 42.5 Å². The SMILES string of the molecule is COC(=O)c1ccc(C(=O)OC)c(NC(=O)COc2ccccc2Cl)c1. The molecule has 2 rings (SSSR count). The van der Waals surface area contributed by atoms with Gasteiger partial charge < -0.3 is 19.5 Å². The van der Waals surface area contributed by atoms with Gasteiger partial charge in [-0.15, -0.1) is 0 Å². The molecule has 0 bridgehead atoms. The number of halogens is 1. The highest BCUT2D eigenvalue weighted by Crippen LogP contribution is 2.23. The summed E-state index contributed by atoms with van der Waals surface area (Å²) >= 11 is 5.96. The molecule has 2 aromatic carbocycles. The molecule has 0 radical (unpaired) electrons. The summed E-state index contributed by atoms with van der Waals surface area (Å²) < 4.78 is 14.7. The van der Waals surface area contributed by atoms with Crippen LogP contribution in [0.25, 0.3) is 0 Å². The fourth-order valence-corrected chi connectivity index (χ4v) is 2.26. The first-order chi connectivity index (χ1) is 12.5. The Morgan fingerprint density at radius 1 is 1.00 bits per heavy atom. The Morgan fingerprint density at radius 3 is 2.35 bits per heavy atom. The summed E-state index contributed by atoms with van der Waals surface area (Å²) in [5.41, 5.74) is 0.362. The molecular weight excluding hydrogens is 362 g/mol. The van der Waals surface area contributed by atoms with Crippen LogP contribution in [0.5, 0.6) is 5.75 Å². The molecule has 1 amide bonds. The molecule has 1 N–H and O–H groups in total. The van der Waals surface area contributed by atoms with Gasteiger partial charge in [0.1, 0.15) is 5.75 Å². The molecule has 0 spiro atoms. The van der Waals surface area contributed by atoms with E-state index >= 15 is 0 Å². The third-order valence-electron chi connectivity index (χ3n) is 3.32. The smallest absolute Gasteiger partial charge is 0.339 e. The van der Waals surface area contributed by atoms with Crippen molar-refractivity contribution >= 4 is 35.1 Å². The molecule has 136 valence electrons. The molecule has 0 unspecified atom stereocenters. The van der Waals surface area contributed by atoms with E-state index in [1.165, 1.54) is 32.4 Å². The minimum Gasteiger partial charge on any atom is -0.482 e. The van der Waals surface area contributed by atoms with Gasteiger partial charge in [0.15, 0.2) is 6.61 Å². The second-order valence-electron chi connectivity index (χ2n) is 5.01. The first-order valence-corrected chi connectivity index (χ1v) is 7.82. The van der Waals surface area contributed by atoms with E-state index in [0.29, 0.717) is 10.8 Å². The fourth-order valence-electron chi connectivity index (χ4n) is 2.07. The zero-order valence-corrected chi connectivity index (χ0v) is 14.8. The van der Waals surface area contributed by atoms with E-state index in [4.69, 9.17) is 16.3 Å². The van der Waals surface area contributed by atoms with Crippen molar-refractivity contribution in [1.82, 2.24) is 0 Å². The summed E-state index contributed by atoms with van der Waals surface area (Å²) in [6.07, 6.45) is 0. The van der Waals surface area contributed by atoms with Crippen molar-refractivity contribution in [1.29, 1.82) is 0 Å². The predicted molar refractivity (Wildman–Crippen MR) is 94.7 cm³/mol. The van der Waals surface area contributed by atoms with Gasteiger partial charge in [-0.2, -0.15) is 0 Å². The van der Waals surface area contributed by atoms with Crippen molar-refractivity contribution in [3.63, 3.8) is 0 Å². The summed E-state index contributed by atoms with van der Waals surface area (Å²) in [7, 11) is 2.44. The minimum absolute atomic E-state index is 0.0891. The summed E-state index contributed by atoms with van der Waals surface area (Å²) in [5, 5.41) is 2.88. The first kappa shape index (κ1) is 19.3. The minimum atomic E-state index is -0.663. The number of esters is 2. The summed E-state index contributed by atoms with van der Waals surface area (Å²) in [5.74, 6) is -1.47. The van der Waals surface area contributed by atoms with E-state index in [1.807, 2.05) is 0 Å². The summed E-state index contributed by atoms with van der Waals surface area (Å²) in [6, 6.07) is 10.8. The van der Waals surface area contributed by atoms with Crippen LogP contribution in [0, 0.1) is 0 Å². The number of ether oxygens (including phenoxy) is 3. The van der Waals surface area contributed by atoms with Gasteiger partial charge >= 0.3 is 11.9 Å². The molecule has 8 heteroatoms. The van der Waals surface area contributed by atoms with E-state index in [0.717, 1.165) is 0 Å². The maximum atomic E-state index is 12.2. The largest absolute Gasteiger partial charge is 0.482 e. The Bertz CT molecular complexity index is 836. The Kier molecular flexibility index (Phi) is 6.57. The van der Waals surface area contributed by atoms with E-state index in [-0.39, 0.29) is 23.4 Å². The number of hydrogen-bond donors (Lipinski definition) is 1. The number of carbonyl (C=O) groups excluding carboxylic acids is 3. The number of methoxy groups -OCH3 is 2. The Morgan fingerprint density at radius 2 is 1.69 bits per heavy atom. The number of para-hydroxylation sites is 1. The predicted octanol–water partition coefficient (Wildman–Crippen LogP) is 2.93. The van der Waals surface area contributed by atoms with Crippen LogP contribution < -0.4 is 10.1 Å². The van der Waals surface area contributed by atoms with Gasteiger partial charge in [0.25, 0.3) is 5.91 Å². The second-order valence-corrected chi connectivity index (χ2v) is 5.42. The van der Waals surface area contributed by atoms with E-state index in [2.05, 4.69) is 14.8 Å². The van der Waals surface area contributed by atoms with Gasteiger partial charge in [-0.25, -0.2) is 9.59 Å². The molecule has 26 heavy (non-hydrogen) atoms. The second kappa shape index (κ2) is 8.87. The molecule has 0 aliphatic carbocycles. The normalized spacial score (nSPS) is 9.96. The van der Waals surface area contributed by atoms with Crippen LogP contribution in [-0.4, -0.2) is 38.7 Å². The third kappa shape index (κ3) is 4.73. The lowest BCUT2D eigenvalue weighted by Crippen LogP contribution is -2.22. The van der Waals surface area contributed by atoms with Gasteiger partial charge in [0, 0.05) is 0 Å². The highest BCUT2D eigenvalue weighted by Gasteiger charge is 2.17. The molecule has 0 saturated carbocycles. The van der Waals surface area contributed by atoms with Crippen LogP contribution >= 0.6 is 11.6 Å². The van der Waals surface area contributed by atoms with E-state index < -0.39 is 17.8 Å². The molecule has 0 saturated heterocycles. The fraction of sp³-hybridized carbons (Fsp3) is 0.167. The number of anilines is 1. The maximum Gasteiger partial charge on any atom is 0.339 e. The van der Waals surface area contributed by atoms with Crippen molar-refractivity contribution in [2.45, 2.75) is 0 Å². The third-order valence-corrected chi connectivity index (χ3v) is 3.63. The van der Waals surface area contributed by atoms with Gasteiger partial charge in [-0.3, -0.25) is 4.79 Å². The lowest BCUT2D eigenvalue weighted by atomic mass is 10.1. The van der Waals surface area contributed by atoms with Crippen LogP contribution in [0.1, 0.15) is 20.7 Å². The molecule has 0 aliphatic rings. The zero-order valence-electron chi connectivity index (χ0n) is 14.1. The zero-order chi connectivity index (χ0) is 19.1. The van der Waals surface area contributed by atoms with Crippen molar-refractivity contribution in [2.24, 2.45) is 0 Å². The number of carbonyl (C=O) groups is 3. The number of benzene rings is 2. The number of nitrogens with one attached hydrogen (secondary N) is 1. The van der Waals surface area contributed by atoms with Gasteiger partial charge in [0.05, 0.1) is 36.1 Å². The Hall–Kier alpha value is -3.06. The van der Waals surface area contributed by atoms with Crippen LogP contribution in [0.4, 0.5) is 5.69 Å². The molecule has 0 atom stereocenters. The monoisotopic (exact) mass is 377 g/mol. The summed E-state index contributed by atoms with van der Waals surface area (Å²) in [6.45, 7) is -0.340. The highest BCUT2D eigenvalue weighted by atomic mass is 35.5. The van der Waals surface area contributed by atoms with Crippen molar-refractivity contribution in [2.75, 3.05) is 26.1 Å². The van der Waals surface area contributed by atoms with Crippen molar-refractivity contribution in [3.8, 4) is 5.75 Å². The Labute approximate surface area is 154 Å². The number of hydrogen-bond acceptors (Lipinski definition) is 6. The standard InChI is InChI=1S/C18H16ClNO6/c1-24-17(22)11-7-8-12(18(23)25-2)14(9-11)20-16(21)10-26-15-6-4-3-5-13(15)19/h3-9H,10H2,1-2H3,(H,20,21). The molecule has 0 aliphatic heterocycles. The van der Waals surface area contributed by atoms with Gasteiger partial charge in [-0.1, -0.05) is 23.7 Å². The average molecular weight is 378 g/mol. The topological polar surface area (TPSA) is 90.9 Å².